The highest BCUT2D eigenvalue weighted by Gasteiger charge is 1.98. The van der Waals surface area contributed by atoms with Crippen molar-refractivity contribution in [3.63, 3.8) is 0 Å². The van der Waals surface area contributed by atoms with E-state index >= 15 is 0 Å². The van der Waals surface area contributed by atoms with Gasteiger partial charge in [-0.25, -0.2) is 0 Å². The van der Waals surface area contributed by atoms with Crippen LogP contribution in [0, 0.1) is 0 Å². The molecule has 10 heavy (non-hydrogen) atoms. The van der Waals surface area contributed by atoms with Gasteiger partial charge < -0.3 is 0 Å². The normalized spacial score (nSPS) is 18.3. The summed E-state index contributed by atoms with van der Waals surface area (Å²) >= 11 is 1.70. The molecule has 1 aliphatic rings. The molecule has 0 aromatic rings. The number of hydrogen-bond donors (Lipinski definition) is 0. The van der Waals surface area contributed by atoms with Crippen LogP contribution in [0.5, 0.6) is 0 Å². The lowest BCUT2D eigenvalue weighted by molar-refractivity contribution is 0.483. The van der Waals surface area contributed by atoms with Gasteiger partial charge >= 0.3 is 0 Å². The highest BCUT2D eigenvalue weighted by Crippen LogP contribution is 2.09. The number of thioether (sulfide) groups is 1. The molecule has 0 unspecified atom stereocenters. The van der Waals surface area contributed by atoms with Gasteiger partial charge in [0.25, 0.3) is 0 Å². The van der Waals surface area contributed by atoms with Crippen LogP contribution in [0.15, 0.2) is 29.5 Å². The van der Waals surface area contributed by atoms with Crippen LogP contribution in [0.1, 0.15) is 6.92 Å². The summed E-state index contributed by atoms with van der Waals surface area (Å²) in [6, 6.07) is 0. The van der Waals surface area contributed by atoms with E-state index in [2.05, 4.69) is 5.10 Å². The molecule has 3 heteroatoms. The third-order valence-corrected chi connectivity index (χ3v) is 1.70. The van der Waals surface area contributed by atoms with E-state index in [4.69, 9.17) is 0 Å². The molecule has 0 aliphatic carbocycles. The van der Waals surface area contributed by atoms with E-state index in [1.54, 1.807) is 11.8 Å². The molecule has 0 bridgehead atoms. The summed E-state index contributed by atoms with van der Waals surface area (Å²) in [4.78, 5) is 0. The van der Waals surface area contributed by atoms with E-state index in [9.17, 15) is 0 Å². The average Bonchev–Trinajstić information content (AvgIpc) is 2.41. The SMILES string of the molecule is C/C=C\C=C/N1CSC=N1. The summed E-state index contributed by atoms with van der Waals surface area (Å²) in [5.41, 5.74) is 1.85. The molecule has 0 saturated carbocycles. The van der Waals surface area contributed by atoms with Gasteiger partial charge in [-0.1, -0.05) is 23.9 Å². The van der Waals surface area contributed by atoms with Crippen molar-refractivity contribution in [1.82, 2.24) is 5.01 Å². The van der Waals surface area contributed by atoms with Gasteiger partial charge in [-0.2, -0.15) is 5.10 Å². The first-order valence-corrected chi connectivity index (χ1v) is 4.18. The summed E-state index contributed by atoms with van der Waals surface area (Å²) in [6.07, 6.45) is 7.90. The minimum Gasteiger partial charge on any atom is -0.262 e. The van der Waals surface area contributed by atoms with E-state index in [1.807, 2.05) is 41.9 Å². The maximum Gasteiger partial charge on any atom is 0.0919 e. The van der Waals surface area contributed by atoms with Crippen molar-refractivity contribution in [2.45, 2.75) is 6.92 Å². The molecule has 0 spiro atoms. The molecule has 0 saturated heterocycles. The van der Waals surface area contributed by atoms with Crippen molar-refractivity contribution in [3.05, 3.63) is 24.4 Å². The monoisotopic (exact) mass is 154 g/mol. The molecule has 0 aromatic carbocycles. The van der Waals surface area contributed by atoms with Gasteiger partial charge in [0.2, 0.25) is 0 Å². The molecule has 2 nitrogen and oxygen atoms in total. The zero-order chi connectivity index (χ0) is 7.23. The minimum absolute atomic E-state index is 0.939. The third-order valence-electron chi connectivity index (χ3n) is 1.04. The Morgan fingerprint density at radius 1 is 1.60 bits per heavy atom. The molecular weight excluding hydrogens is 144 g/mol. The molecule has 1 heterocycles. The Hall–Kier alpha value is -0.700. The standard InChI is InChI=1S/C7H10N2S/c1-2-3-4-5-9-7-10-6-8-9/h2-6H,7H2,1H3/b3-2-,5-4-. The number of nitrogens with zero attached hydrogens (tertiary/aromatic N) is 2. The first-order chi connectivity index (χ1) is 4.93. The number of rotatable bonds is 2. The van der Waals surface area contributed by atoms with Crippen molar-refractivity contribution in [2.75, 3.05) is 5.88 Å². The second-order valence-corrected chi connectivity index (χ2v) is 2.63. The van der Waals surface area contributed by atoms with E-state index in [1.165, 1.54) is 0 Å². The molecular formula is C7H10N2S. The van der Waals surface area contributed by atoms with Crippen molar-refractivity contribution in [3.8, 4) is 0 Å². The minimum atomic E-state index is 0.939. The number of allylic oxidation sites excluding steroid dienone is 3. The zero-order valence-electron chi connectivity index (χ0n) is 5.90. The summed E-state index contributed by atoms with van der Waals surface area (Å²) in [5, 5.41) is 5.95. The van der Waals surface area contributed by atoms with E-state index in [0.29, 0.717) is 0 Å². The van der Waals surface area contributed by atoms with E-state index in [-0.39, 0.29) is 0 Å². The Balaban J connectivity index is 2.30. The van der Waals surface area contributed by atoms with E-state index in [0.717, 1.165) is 5.88 Å². The number of hydrazone groups is 1. The molecule has 0 fully saturated rings. The Bertz CT molecular complexity index is 172. The molecule has 0 amide bonds. The second kappa shape index (κ2) is 4.17. The van der Waals surface area contributed by atoms with Gasteiger partial charge in [0.1, 0.15) is 0 Å². The van der Waals surface area contributed by atoms with Gasteiger partial charge in [-0.15, -0.1) is 0 Å². The second-order valence-electron chi connectivity index (χ2n) is 1.82. The van der Waals surface area contributed by atoms with Crippen molar-refractivity contribution < 1.29 is 0 Å². The van der Waals surface area contributed by atoms with Gasteiger partial charge in [-0.05, 0) is 13.0 Å². The summed E-state index contributed by atoms with van der Waals surface area (Å²) in [5.74, 6) is 0.939. The number of hydrogen-bond acceptors (Lipinski definition) is 3. The van der Waals surface area contributed by atoms with Crippen LogP contribution < -0.4 is 0 Å². The molecule has 0 N–H and O–H groups in total. The predicted octanol–water partition coefficient (Wildman–Crippen LogP) is 2.03. The molecule has 0 radical (unpaired) electrons. The predicted molar refractivity (Wildman–Crippen MR) is 46.7 cm³/mol. The van der Waals surface area contributed by atoms with Crippen LogP contribution in [0.25, 0.3) is 0 Å². The maximum atomic E-state index is 4.06. The first-order valence-electron chi connectivity index (χ1n) is 3.13. The van der Waals surface area contributed by atoms with Crippen LogP contribution in [0.4, 0.5) is 0 Å². The Morgan fingerprint density at radius 2 is 2.50 bits per heavy atom. The summed E-state index contributed by atoms with van der Waals surface area (Å²) < 4.78 is 0. The first kappa shape index (κ1) is 7.41. The van der Waals surface area contributed by atoms with Crippen LogP contribution in [0.2, 0.25) is 0 Å². The van der Waals surface area contributed by atoms with Crippen LogP contribution in [-0.4, -0.2) is 16.4 Å². The fourth-order valence-electron chi connectivity index (χ4n) is 0.579. The lowest BCUT2D eigenvalue weighted by atomic mass is 10.5. The smallest absolute Gasteiger partial charge is 0.0919 e. The van der Waals surface area contributed by atoms with Crippen LogP contribution >= 0.6 is 11.8 Å². The Morgan fingerprint density at radius 3 is 3.10 bits per heavy atom. The van der Waals surface area contributed by atoms with Gasteiger partial charge in [-0.3, -0.25) is 5.01 Å². The molecule has 1 aliphatic heterocycles. The molecule has 0 atom stereocenters. The van der Waals surface area contributed by atoms with Crippen LogP contribution in [0.3, 0.4) is 0 Å². The fourth-order valence-corrected chi connectivity index (χ4v) is 1.14. The highest BCUT2D eigenvalue weighted by atomic mass is 32.2. The Kier molecular flexibility index (Phi) is 3.09. The molecule has 1 rings (SSSR count). The zero-order valence-corrected chi connectivity index (χ0v) is 6.71. The summed E-state index contributed by atoms with van der Waals surface area (Å²) in [7, 11) is 0. The van der Waals surface area contributed by atoms with Crippen molar-refractivity contribution in [2.24, 2.45) is 5.10 Å². The average molecular weight is 154 g/mol. The van der Waals surface area contributed by atoms with E-state index < -0.39 is 0 Å². The highest BCUT2D eigenvalue weighted by molar-refractivity contribution is 8.12. The van der Waals surface area contributed by atoms with Crippen molar-refractivity contribution >= 4 is 17.3 Å². The lowest BCUT2D eigenvalue weighted by Crippen LogP contribution is -2.01. The van der Waals surface area contributed by atoms with Crippen LogP contribution in [-0.2, 0) is 0 Å². The lowest BCUT2D eigenvalue weighted by Gasteiger charge is -2.02. The van der Waals surface area contributed by atoms with Gasteiger partial charge in [0.05, 0.1) is 11.4 Å². The topological polar surface area (TPSA) is 15.6 Å². The third kappa shape index (κ3) is 2.27. The van der Waals surface area contributed by atoms with Gasteiger partial charge in [0.15, 0.2) is 0 Å². The molecule has 54 valence electrons. The maximum absolute atomic E-state index is 4.06. The van der Waals surface area contributed by atoms with Crippen molar-refractivity contribution in [1.29, 1.82) is 0 Å². The quantitative estimate of drug-likeness (QED) is 0.565. The van der Waals surface area contributed by atoms with Gasteiger partial charge in [0, 0.05) is 6.20 Å². The fraction of sp³-hybridized carbons (Fsp3) is 0.286. The Labute approximate surface area is 65.3 Å². The largest absolute Gasteiger partial charge is 0.262 e. The molecule has 0 aromatic heterocycles. The summed E-state index contributed by atoms with van der Waals surface area (Å²) in [6.45, 7) is 1.99.